The number of benzene rings is 2. The predicted molar refractivity (Wildman–Crippen MR) is 99.7 cm³/mol. The Hall–Kier alpha value is -1.85. The molecule has 3 nitrogen and oxygen atoms in total. The highest BCUT2D eigenvalue weighted by Crippen LogP contribution is 2.28. The molecule has 5 heteroatoms. The lowest BCUT2D eigenvalue weighted by Gasteiger charge is -2.07. The summed E-state index contributed by atoms with van der Waals surface area (Å²) < 4.78 is 1.09. The Morgan fingerprint density at radius 2 is 2.04 bits per heavy atom. The van der Waals surface area contributed by atoms with Crippen LogP contribution in [0.1, 0.15) is 29.8 Å². The number of carbonyl (C=O) groups is 1. The first-order valence-corrected chi connectivity index (χ1v) is 9.16. The van der Waals surface area contributed by atoms with E-state index in [4.69, 9.17) is 0 Å². The Labute approximate surface area is 144 Å². The third-order valence-corrected chi connectivity index (χ3v) is 5.16. The lowest BCUT2D eigenvalue weighted by molar-refractivity contribution is 0.102. The number of nitrogens with one attached hydrogen (secondary N) is 1. The molecule has 1 amide bonds. The molecule has 0 unspecified atom stereocenters. The zero-order chi connectivity index (χ0) is 16.4. The summed E-state index contributed by atoms with van der Waals surface area (Å²) in [6, 6.07) is 13.8. The molecule has 0 saturated carbocycles. The molecule has 0 fully saturated rings. The summed E-state index contributed by atoms with van der Waals surface area (Å²) in [6.07, 6.45) is 0. The number of hydrogen-bond acceptors (Lipinski definition) is 4. The van der Waals surface area contributed by atoms with Crippen LogP contribution >= 0.6 is 23.1 Å². The van der Waals surface area contributed by atoms with Gasteiger partial charge in [0.2, 0.25) is 0 Å². The number of thiazole rings is 1. The Kier molecular flexibility index (Phi) is 4.68. The second-order valence-electron chi connectivity index (χ2n) is 5.64. The largest absolute Gasteiger partial charge is 0.298 e. The maximum absolute atomic E-state index is 12.4. The highest BCUT2D eigenvalue weighted by atomic mass is 32.2. The van der Waals surface area contributed by atoms with Crippen molar-refractivity contribution in [2.75, 3.05) is 5.32 Å². The molecule has 3 rings (SSSR count). The molecule has 0 radical (unpaired) electrons. The summed E-state index contributed by atoms with van der Waals surface area (Å²) in [5.74, 6) is -0.119. The predicted octanol–water partition coefficient (Wildman–Crippen LogP) is 5.36. The van der Waals surface area contributed by atoms with Crippen molar-refractivity contribution in [3.8, 4) is 0 Å². The highest BCUT2D eigenvalue weighted by Gasteiger charge is 2.11. The Morgan fingerprint density at radius 1 is 1.22 bits per heavy atom. The van der Waals surface area contributed by atoms with Crippen molar-refractivity contribution in [3.63, 3.8) is 0 Å². The molecule has 3 aromatic rings. The molecule has 0 aliphatic carbocycles. The molecule has 0 bridgehead atoms. The molecule has 118 valence electrons. The van der Waals surface area contributed by atoms with Crippen molar-refractivity contribution in [1.82, 2.24) is 4.98 Å². The lowest BCUT2D eigenvalue weighted by atomic mass is 10.2. The van der Waals surface area contributed by atoms with E-state index in [9.17, 15) is 4.79 Å². The summed E-state index contributed by atoms with van der Waals surface area (Å²) in [4.78, 5) is 18.0. The van der Waals surface area contributed by atoms with Crippen LogP contribution in [0.25, 0.3) is 10.2 Å². The number of fused-ring (bicyclic) bond motifs is 1. The van der Waals surface area contributed by atoms with Crippen LogP contribution < -0.4 is 5.32 Å². The smallest absolute Gasteiger partial charge is 0.257 e. The van der Waals surface area contributed by atoms with Crippen LogP contribution in [0.15, 0.2) is 47.4 Å². The van der Waals surface area contributed by atoms with Gasteiger partial charge in [0.05, 0.1) is 10.2 Å². The molecular formula is C18H18N2OS2. The van der Waals surface area contributed by atoms with Gasteiger partial charge in [0, 0.05) is 15.7 Å². The third kappa shape index (κ3) is 3.92. The van der Waals surface area contributed by atoms with Crippen LogP contribution in [0, 0.1) is 6.92 Å². The number of thioether (sulfide) groups is 1. The number of rotatable bonds is 4. The van der Waals surface area contributed by atoms with Crippen molar-refractivity contribution in [3.05, 3.63) is 53.6 Å². The summed E-state index contributed by atoms with van der Waals surface area (Å²) in [6.45, 7) is 6.33. The Morgan fingerprint density at radius 3 is 2.83 bits per heavy atom. The average Bonchev–Trinajstić information content (AvgIpc) is 2.88. The van der Waals surface area contributed by atoms with Crippen LogP contribution in [0.2, 0.25) is 0 Å². The van der Waals surface area contributed by atoms with E-state index in [0.717, 1.165) is 15.1 Å². The number of anilines is 1. The van der Waals surface area contributed by atoms with Crippen molar-refractivity contribution in [1.29, 1.82) is 0 Å². The van der Waals surface area contributed by atoms with Crippen molar-refractivity contribution >= 4 is 44.4 Å². The van der Waals surface area contributed by atoms with Gasteiger partial charge < -0.3 is 0 Å². The van der Waals surface area contributed by atoms with E-state index < -0.39 is 0 Å². The summed E-state index contributed by atoms with van der Waals surface area (Å²) in [5.41, 5.74) is 2.77. The van der Waals surface area contributed by atoms with E-state index in [1.807, 2.05) is 36.4 Å². The zero-order valence-electron chi connectivity index (χ0n) is 13.3. The zero-order valence-corrected chi connectivity index (χ0v) is 14.9. The first-order chi connectivity index (χ1) is 11.0. The molecule has 2 aromatic carbocycles. The molecule has 0 saturated heterocycles. The molecule has 1 aromatic heterocycles. The number of aromatic nitrogens is 1. The van der Waals surface area contributed by atoms with Crippen LogP contribution in [0.4, 0.5) is 5.13 Å². The highest BCUT2D eigenvalue weighted by molar-refractivity contribution is 7.99. The van der Waals surface area contributed by atoms with E-state index in [1.54, 1.807) is 11.8 Å². The fraction of sp³-hybridized carbons (Fsp3) is 0.222. The molecule has 1 heterocycles. The van der Waals surface area contributed by atoms with Crippen molar-refractivity contribution < 1.29 is 4.79 Å². The van der Waals surface area contributed by atoms with Gasteiger partial charge in [-0.1, -0.05) is 37.3 Å². The number of hydrogen-bond donors (Lipinski definition) is 1. The normalized spacial score (nSPS) is 11.1. The van der Waals surface area contributed by atoms with Gasteiger partial charge in [-0.3, -0.25) is 10.1 Å². The summed E-state index contributed by atoms with van der Waals surface area (Å²) in [7, 11) is 0. The fourth-order valence-electron chi connectivity index (χ4n) is 2.24. The molecule has 0 aliphatic heterocycles. The molecule has 0 spiro atoms. The van der Waals surface area contributed by atoms with E-state index in [2.05, 4.69) is 37.1 Å². The first kappa shape index (κ1) is 16.0. The average molecular weight is 342 g/mol. The van der Waals surface area contributed by atoms with Gasteiger partial charge in [0.25, 0.3) is 5.91 Å². The number of nitrogens with zero attached hydrogens (tertiary/aromatic N) is 1. The van der Waals surface area contributed by atoms with Crippen LogP contribution in [-0.2, 0) is 0 Å². The quantitative estimate of drug-likeness (QED) is 0.649. The lowest BCUT2D eigenvalue weighted by Crippen LogP contribution is -2.11. The van der Waals surface area contributed by atoms with Gasteiger partial charge in [0.1, 0.15) is 0 Å². The van der Waals surface area contributed by atoms with E-state index >= 15 is 0 Å². The van der Waals surface area contributed by atoms with Gasteiger partial charge >= 0.3 is 0 Å². The first-order valence-electron chi connectivity index (χ1n) is 7.46. The van der Waals surface area contributed by atoms with E-state index in [-0.39, 0.29) is 5.91 Å². The maximum Gasteiger partial charge on any atom is 0.257 e. The minimum atomic E-state index is -0.119. The van der Waals surface area contributed by atoms with Crippen molar-refractivity contribution in [2.24, 2.45) is 0 Å². The van der Waals surface area contributed by atoms with Gasteiger partial charge in [-0.05, 0) is 42.8 Å². The number of carbonyl (C=O) groups excluding carboxylic acids is 1. The van der Waals surface area contributed by atoms with Crippen LogP contribution in [-0.4, -0.2) is 16.1 Å². The van der Waals surface area contributed by atoms with Gasteiger partial charge in [-0.15, -0.1) is 11.8 Å². The molecule has 23 heavy (non-hydrogen) atoms. The second-order valence-corrected chi connectivity index (χ2v) is 8.32. The summed E-state index contributed by atoms with van der Waals surface area (Å²) >= 11 is 3.25. The van der Waals surface area contributed by atoms with E-state index in [1.165, 1.54) is 16.9 Å². The van der Waals surface area contributed by atoms with Crippen molar-refractivity contribution in [2.45, 2.75) is 30.9 Å². The second kappa shape index (κ2) is 6.72. The Balaban J connectivity index is 1.80. The number of amides is 1. The molecule has 0 atom stereocenters. The van der Waals surface area contributed by atoms with Crippen LogP contribution in [0.3, 0.4) is 0 Å². The molecule has 0 aliphatic rings. The van der Waals surface area contributed by atoms with Crippen LogP contribution in [0.5, 0.6) is 0 Å². The maximum atomic E-state index is 12.4. The van der Waals surface area contributed by atoms with Gasteiger partial charge in [0.15, 0.2) is 5.13 Å². The minimum absolute atomic E-state index is 0.119. The number of aryl methyl sites for hydroxylation is 1. The fourth-order valence-corrected chi connectivity index (χ4v) is 4.09. The standard InChI is InChI=1S/C18H18N2OS2/c1-11(2)22-14-6-4-5-13(10-14)17(21)20-18-19-15-8-7-12(3)9-16(15)23-18/h4-11H,1-3H3,(H,19,20,21). The monoisotopic (exact) mass is 342 g/mol. The Bertz CT molecular complexity index is 855. The van der Waals surface area contributed by atoms with Gasteiger partial charge in [-0.2, -0.15) is 0 Å². The molecular weight excluding hydrogens is 324 g/mol. The minimum Gasteiger partial charge on any atom is -0.298 e. The third-order valence-electron chi connectivity index (χ3n) is 3.23. The summed E-state index contributed by atoms with van der Waals surface area (Å²) in [5, 5.41) is 4.03. The topological polar surface area (TPSA) is 42.0 Å². The van der Waals surface area contributed by atoms with E-state index in [0.29, 0.717) is 15.9 Å². The SMILES string of the molecule is Cc1ccc2nc(NC(=O)c3cccc(SC(C)C)c3)sc2c1. The van der Waals surface area contributed by atoms with Gasteiger partial charge in [-0.25, -0.2) is 4.98 Å². The molecule has 1 N–H and O–H groups in total.